The number of nitrogens with zero attached hydrogens (tertiary/aromatic N) is 1. The van der Waals surface area contributed by atoms with E-state index in [1.54, 1.807) is 0 Å². The summed E-state index contributed by atoms with van der Waals surface area (Å²) in [6, 6.07) is -0.632. The molecule has 0 bridgehead atoms. The molecule has 1 fully saturated rings. The van der Waals surface area contributed by atoms with Crippen LogP contribution in [0.15, 0.2) is 0 Å². The normalized spacial score (nSPS) is 27.1. The van der Waals surface area contributed by atoms with Crippen LogP contribution in [0.4, 0.5) is 4.79 Å². The highest BCUT2D eigenvalue weighted by atomic mass is 16.2. The molecule has 0 unspecified atom stereocenters. The highest BCUT2D eigenvalue weighted by molar-refractivity contribution is 6.19. The zero-order chi connectivity index (χ0) is 13.2. The van der Waals surface area contributed by atoms with E-state index in [1.165, 1.54) is 7.05 Å². The van der Waals surface area contributed by atoms with Crippen LogP contribution in [-0.4, -0.2) is 29.8 Å². The zero-order valence-corrected chi connectivity index (χ0v) is 10.9. The van der Waals surface area contributed by atoms with E-state index in [4.69, 9.17) is 0 Å². The predicted octanol–water partition coefficient (Wildman–Crippen LogP) is 1.53. The van der Waals surface area contributed by atoms with Crippen LogP contribution in [-0.2, 0) is 9.59 Å². The minimum Gasteiger partial charge on any atom is -0.277 e. The molecule has 0 aromatic carbocycles. The molecule has 2 atom stereocenters. The van der Waals surface area contributed by atoms with Crippen molar-refractivity contribution >= 4 is 17.8 Å². The molecule has 0 saturated carbocycles. The van der Waals surface area contributed by atoms with Gasteiger partial charge in [0.15, 0.2) is 0 Å². The van der Waals surface area contributed by atoms with Gasteiger partial charge in [0.25, 0.3) is 0 Å². The third kappa shape index (κ3) is 1.94. The first-order valence-electron chi connectivity index (χ1n) is 6.05. The summed E-state index contributed by atoms with van der Waals surface area (Å²) in [4.78, 5) is 36.7. The smallest absolute Gasteiger partial charge is 0.277 e. The molecule has 5 heteroatoms. The first kappa shape index (κ1) is 13.7. The van der Waals surface area contributed by atoms with Crippen LogP contribution in [0.2, 0.25) is 0 Å². The van der Waals surface area contributed by atoms with Crippen LogP contribution in [0.3, 0.4) is 0 Å². The first-order chi connectivity index (χ1) is 7.91. The third-order valence-electron chi connectivity index (χ3n) is 3.74. The molecule has 0 aromatic heterocycles. The fraction of sp³-hybridized carbons (Fsp3) is 0.750. The van der Waals surface area contributed by atoms with E-state index in [0.717, 1.165) is 17.7 Å². The number of carbonyl (C=O) groups is 3. The van der Waals surface area contributed by atoms with Gasteiger partial charge in [-0.05, 0) is 18.8 Å². The largest absolute Gasteiger partial charge is 0.330 e. The lowest BCUT2D eigenvalue weighted by Gasteiger charge is -2.41. The maximum atomic E-state index is 12.3. The van der Waals surface area contributed by atoms with E-state index >= 15 is 0 Å². The second kappa shape index (κ2) is 4.85. The molecule has 1 rings (SSSR count). The number of hydrogen-bond donors (Lipinski definition) is 1. The number of imide groups is 2. The maximum absolute atomic E-state index is 12.3. The van der Waals surface area contributed by atoms with E-state index in [0.29, 0.717) is 6.42 Å². The van der Waals surface area contributed by atoms with Gasteiger partial charge in [0.1, 0.15) is 5.41 Å². The Morgan fingerprint density at radius 1 is 1.29 bits per heavy atom. The molecule has 0 radical (unpaired) electrons. The van der Waals surface area contributed by atoms with Crippen molar-refractivity contribution in [3.8, 4) is 0 Å². The second-order valence-corrected chi connectivity index (χ2v) is 4.64. The Kier molecular flexibility index (Phi) is 3.91. The van der Waals surface area contributed by atoms with E-state index in [1.807, 2.05) is 20.8 Å². The summed E-state index contributed by atoms with van der Waals surface area (Å²) in [5.74, 6) is -0.899. The van der Waals surface area contributed by atoms with E-state index in [9.17, 15) is 14.4 Å². The van der Waals surface area contributed by atoms with Gasteiger partial charge < -0.3 is 0 Å². The highest BCUT2D eigenvalue weighted by Crippen LogP contribution is 2.38. The van der Waals surface area contributed by atoms with Gasteiger partial charge >= 0.3 is 6.03 Å². The van der Waals surface area contributed by atoms with Gasteiger partial charge in [-0.3, -0.25) is 19.8 Å². The molecule has 5 nitrogen and oxygen atoms in total. The average molecular weight is 240 g/mol. The summed E-state index contributed by atoms with van der Waals surface area (Å²) in [7, 11) is 1.41. The Labute approximate surface area is 102 Å². The Bertz CT molecular complexity index is 354. The van der Waals surface area contributed by atoms with Gasteiger partial charge in [-0.1, -0.05) is 27.2 Å². The molecule has 4 amide bonds. The number of urea groups is 1. The molecule has 1 saturated heterocycles. The molecule has 1 N–H and O–H groups in total. The molecule has 1 aliphatic heterocycles. The lowest BCUT2D eigenvalue weighted by molar-refractivity contribution is -0.155. The number of rotatable bonds is 4. The quantitative estimate of drug-likeness (QED) is 0.758. The Balaban J connectivity index is 3.15. The second-order valence-electron chi connectivity index (χ2n) is 4.64. The van der Waals surface area contributed by atoms with Gasteiger partial charge in [0.2, 0.25) is 11.8 Å². The van der Waals surface area contributed by atoms with Crippen molar-refractivity contribution in [3.05, 3.63) is 0 Å². The minimum absolute atomic E-state index is 0.0689. The summed E-state index contributed by atoms with van der Waals surface area (Å²) in [6.07, 6.45) is 2.10. The van der Waals surface area contributed by atoms with Crippen LogP contribution >= 0.6 is 0 Å². The fourth-order valence-corrected chi connectivity index (χ4v) is 2.56. The Morgan fingerprint density at radius 2 is 1.88 bits per heavy atom. The molecule has 17 heavy (non-hydrogen) atoms. The number of nitrogens with one attached hydrogen (secondary N) is 1. The number of amides is 4. The van der Waals surface area contributed by atoms with Crippen LogP contribution < -0.4 is 5.32 Å². The lowest BCUT2D eigenvalue weighted by atomic mass is 9.69. The summed E-state index contributed by atoms with van der Waals surface area (Å²) in [5.41, 5.74) is -1.08. The minimum atomic E-state index is -1.08. The Morgan fingerprint density at radius 3 is 2.35 bits per heavy atom. The maximum Gasteiger partial charge on any atom is 0.330 e. The number of carbonyl (C=O) groups excluding carboxylic acids is 3. The van der Waals surface area contributed by atoms with Gasteiger partial charge in [0, 0.05) is 7.05 Å². The van der Waals surface area contributed by atoms with E-state index < -0.39 is 17.4 Å². The van der Waals surface area contributed by atoms with E-state index in [-0.39, 0.29) is 11.8 Å². The van der Waals surface area contributed by atoms with Crippen LogP contribution in [0.25, 0.3) is 0 Å². The molecular weight excluding hydrogens is 220 g/mol. The predicted molar refractivity (Wildman–Crippen MR) is 63.1 cm³/mol. The molecule has 0 spiro atoms. The Hall–Kier alpha value is -1.39. The van der Waals surface area contributed by atoms with Crippen LogP contribution in [0, 0.1) is 11.3 Å². The number of hydrogen-bond acceptors (Lipinski definition) is 3. The number of barbiturate groups is 1. The highest BCUT2D eigenvalue weighted by Gasteiger charge is 2.54. The SMILES string of the molecule is CCC[C@H](C)[C@]1(CC)C(=O)NC(=O)N(C)C1=O. The molecule has 1 aliphatic rings. The van der Waals surface area contributed by atoms with Gasteiger partial charge in [-0.15, -0.1) is 0 Å². The van der Waals surface area contributed by atoms with Gasteiger partial charge in [0.05, 0.1) is 0 Å². The van der Waals surface area contributed by atoms with Crippen molar-refractivity contribution in [2.24, 2.45) is 11.3 Å². The molecule has 0 aromatic rings. The van der Waals surface area contributed by atoms with Crippen LogP contribution in [0.1, 0.15) is 40.0 Å². The summed E-state index contributed by atoms with van der Waals surface area (Å²) in [5, 5.41) is 2.27. The van der Waals surface area contributed by atoms with Crippen molar-refractivity contribution in [3.63, 3.8) is 0 Å². The van der Waals surface area contributed by atoms with Crippen molar-refractivity contribution in [1.29, 1.82) is 0 Å². The summed E-state index contributed by atoms with van der Waals surface area (Å²) in [6.45, 7) is 5.72. The fourth-order valence-electron chi connectivity index (χ4n) is 2.56. The summed E-state index contributed by atoms with van der Waals surface area (Å²) >= 11 is 0. The monoisotopic (exact) mass is 240 g/mol. The van der Waals surface area contributed by atoms with Crippen molar-refractivity contribution in [2.75, 3.05) is 7.05 Å². The molecule has 0 aliphatic carbocycles. The average Bonchev–Trinajstić information content (AvgIpc) is 2.28. The first-order valence-corrected chi connectivity index (χ1v) is 6.05. The van der Waals surface area contributed by atoms with Crippen molar-refractivity contribution in [2.45, 2.75) is 40.0 Å². The third-order valence-corrected chi connectivity index (χ3v) is 3.74. The molecular formula is C12H20N2O3. The van der Waals surface area contributed by atoms with E-state index in [2.05, 4.69) is 5.32 Å². The van der Waals surface area contributed by atoms with Crippen LogP contribution in [0.5, 0.6) is 0 Å². The zero-order valence-electron chi connectivity index (χ0n) is 10.9. The molecule has 96 valence electrons. The van der Waals surface area contributed by atoms with Crippen molar-refractivity contribution < 1.29 is 14.4 Å². The standard InChI is InChI=1S/C12H20N2O3/c1-5-7-8(3)12(6-2)9(15)13-11(17)14(4)10(12)16/h8H,5-7H2,1-4H3,(H,13,15,17)/t8-,12+/m0/s1. The van der Waals surface area contributed by atoms with Crippen molar-refractivity contribution in [1.82, 2.24) is 10.2 Å². The topological polar surface area (TPSA) is 66.5 Å². The lowest BCUT2D eigenvalue weighted by Crippen LogP contribution is -2.64. The van der Waals surface area contributed by atoms with Gasteiger partial charge in [-0.25, -0.2) is 4.79 Å². The summed E-state index contributed by atoms with van der Waals surface area (Å²) < 4.78 is 0. The molecule has 1 heterocycles. The van der Waals surface area contributed by atoms with Gasteiger partial charge in [-0.2, -0.15) is 0 Å².